The number of aromatic nitrogens is 3. The molecule has 0 aliphatic carbocycles. The molecule has 0 fully saturated rings. The summed E-state index contributed by atoms with van der Waals surface area (Å²) in [5.41, 5.74) is 5.36. The lowest BCUT2D eigenvalue weighted by atomic mass is 9.96. The highest BCUT2D eigenvalue weighted by molar-refractivity contribution is 5.26. The molecule has 1 aliphatic heterocycles. The number of aryl methyl sites for hydroxylation is 1. The van der Waals surface area contributed by atoms with Gasteiger partial charge in [-0.05, 0) is 45.7 Å². The molecule has 23 heavy (non-hydrogen) atoms. The molecule has 0 amide bonds. The molecule has 1 atom stereocenters. The summed E-state index contributed by atoms with van der Waals surface area (Å²) >= 11 is 0. The topological polar surface area (TPSA) is 26.0 Å². The monoisotopic (exact) mass is 314 g/mol. The predicted octanol–water partition coefficient (Wildman–Crippen LogP) is 4.10. The van der Waals surface area contributed by atoms with Crippen molar-refractivity contribution in [3.05, 3.63) is 41.0 Å². The average Bonchev–Trinajstić information content (AvgIpc) is 3.05. The molecule has 0 saturated heterocycles. The van der Waals surface area contributed by atoms with Crippen LogP contribution in [0.2, 0.25) is 0 Å². The van der Waals surface area contributed by atoms with Crippen LogP contribution in [-0.4, -0.2) is 25.8 Å². The highest BCUT2D eigenvalue weighted by Crippen LogP contribution is 2.34. The van der Waals surface area contributed by atoms with E-state index >= 15 is 0 Å². The lowest BCUT2D eigenvalue weighted by Gasteiger charge is -2.39. The standard InChI is InChI=1S/C19H30N4/c1-13(2)19-18-8-7-9-21(18)10-11-22(19)12-17-15(5)20-23(14(3)4)16(17)6/h7-9,13-14,19H,10-12H2,1-6H3/t19-/m0/s1. The van der Waals surface area contributed by atoms with E-state index in [1.54, 1.807) is 0 Å². The van der Waals surface area contributed by atoms with E-state index in [0.29, 0.717) is 18.0 Å². The fraction of sp³-hybridized carbons (Fsp3) is 0.632. The van der Waals surface area contributed by atoms with Crippen LogP contribution in [0.4, 0.5) is 0 Å². The molecule has 4 heteroatoms. The zero-order chi connectivity index (χ0) is 16.7. The van der Waals surface area contributed by atoms with Crippen molar-refractivity contribution in [3.63, 3.8) is 0 Å². The van der Waals surface area contributed by atoms with Crippen LogP contribution in [0.25, 0.3) is 0 Å². The largest absolute Gasteiger partial charge is 0.349 e. The predicted molar refractivity (Wildman–Crippen MR) is 94.5 cm³/mol. The van der Waals surface area contributed by atoms with Crippen LogP contribution in [0.3, 0.4) is 0 Å². The second kappa shape index (κ2) is 6.16. The van der Waals surface area contributed by atoms with Crippen LogP contribution in [0.1, 0.15) is 62.4 Å². The molecule has 2 aromatic heterocycles. The Bertz CT molecular complexity index is 678. The Morgan fingerprint density at radius 2 is 1.91 bits per heavy atom. The van der Waals surface area contributed by atoms with Crippen molar-refractivity contribution in [1.82, 2.24) is 19.2 Å². The Morgan fingerprint density at radius 1 is 1.17 bits per heavy atom. The third kappa shape index (κ3) is 2.85. The van der Waals surface area contributed by atoms with Gasteiger partial charge >= 0.3 is 0 Å². The van der Waals surface area contributed by atoms with E-state index in [0.717, 1.165) is 19.6 Å². The van der Waals surface area contributed by atoms with Gasteiger partial charge in [0.1, 0.15) is 0 Å². The smallest absolute Gasteiger partial charge is 0.0641 e. The molecule has 0 radical (unpaired) electrons. The maximum Gasteiger partial charge on any atom is 0.0641 e. The first-order valence-corrected chi connectivity index (χ1v) is 8.83. The molecule has 0 aromatic carbocycles. The van der Waals surface area contributed by atoms with Crippen molar-refractivity contribution in [2.75, 3.05) is 6.54 Å². The molecule has 3 heterocycles. The van der Waals surface area contributed by atoms with E-state index in [4.69, 9.17) is 5.10 Å². The van der Waals surface area contributed by atoms with E-state index in [2.05, 4.69) is 74.0 Å². The van der Waals surface area contributed by atoms with E-state index in [1.807, 2.05) is 0 Å². The van der Waals surface area contributed by atoms with E-state index in [-0.39, 0.29) is 0 Å². The lowest BCUT2D eigenvalue weighted by molar-refractivity contribution is 0.111. The summed E-state index contributed by atoms with van der Waals surface area (Å²) < 4.78 is 4.58. The van der Waals surface area contributed by atoms with Gasteiger partial charge in [-0.15, -0.1) is 0 Å². The fourth-order valence-corrected chi connectivity index (χ4v) is 4.03. The first kappa shape index (κ1) is 16.3. The van der Waals surface area contributed by atoms with Crippen molar-refractivity contribution < 1.29 is 0 Å². The van der Waals surface area contributed by atoms with Crippen LogP contribution in [0.5, 0.6) is 0 Å². The van der Waals surface area contributed by atoms with Crippen molar-refractivity contribution in [2.45, 2.75) is 66.7 Å². The van der Waals surface area contributed by atoms with Crippen LogP contribution in [-0.2, 0) is 13.1 Å². The second-order valence-electron chi connectivity index (χ2n) is 7.47. The molecular weight excluding hydrogens is 284 g/mol. The minimum Gasteiger partial charge on any atom is -0.349 e. The maximum absolute atomic E-state index is 4.76. The molecule has 0 saturated carbocycles. The van der Waals surface area contributed by atoms with Crippen molar-refractivity contribution in [2.24, 2.45) is 5.92 Å². The van der Waals surface area contributed by atoms with E-state index < -0.39 is 0 Å². The Morgan fingerprint density at radius 3 is 2.52 bits per heavy atom. The van der Waals surface area contributed by atoms with Crippen molar-refractivity contribution in [3.8, 4) is 0 Å². The molecule has 4 nitrogen and oxygen atoms in total. The molecule has 0 N–H and O–H groups in total. The molecule has 126 valence electrons. The molecule has 0 bridgehead atoms. The van der Waals surface area contributed by atoms with Crippen LogP contribution < -0.4 is 0 Å². The minimum atomic E-state index is 0.418. The lowest BCUT2D eigenvalue weighted by Crippen LogP contribution is -2.39. The van der Waals surface area contributed by atoms with Crippen LogP contribution in [0.15, 0.2) is 18.3 Å². The first-order valence-electron chi connectivity index (χ1n) is 8.83. The normalized spacial score (nSPS) is 18.9. The maximum atomic E-state index is 4.76. The SMILES string of the molecule is Cc1nn(C(C)C)c(C)c1CN1CCn2cccc2[C@@H]1C(C)C. The Labute approximate surface area is 140 Å². The third-order valence-corrected chi connectivity index (χ3v) is 5.15. The number of hydrogen-bond acceptors (Lipinski definition) is 2. The summed E-state index contributed by atoms with van der Waals surface area (Å²) in [5, 5.41) is 4.76. The number of nitrogens with zero attached hydrogens (tertiary/aromatic N) is 4. The van der Waals surface area contributed by atoms with Gasteiger partial charge in [-0.2, -0.15) is 5.10 Å². The highest BCUT2D eigenvalue weighted by Gasteiger charge is 2.30. The zero-order valence-electron chi connectivity index (χ0n) is 15.4. The van der Waals surface area contributed by atoms with Gasteiger partial charge < -0.3 is 4.57 Å². The summed E-state index contributed by atoms with van der Waals surface area (Å²) in [6.45, 7) is 16.6. The van der Waals surface area contributed by atoms with E-state index in [9.17, 15) is 0 Å². The zero-order valence-corrected chi connectivity index (χ0v) is 15.4. The van der Waals surface area contributed by atoms with Crippen molar-refractivity contribution in [1.29, 1.82) is 0 Å². The van der Waals surface area contributed by atoms with Gasteiger partial charge in [0.25, 0.3) is 0 Å². The minimum absolute atomic E-state index is 0.418. The summed E-state index contributed by atoms with van der Waals surface area (Å²) in [7, 11) is 0. The molecule has 0 unspecified atom stereocenters. The second-order valence-corrected chi connectivity index (χ2v) is 7.47. The quantitative estimate of drug-likeness (QED) is 0.849. The third-order valence-electron chi connectivity index (χ3n) is 5.15. The number of rotatable bonds is 4. The van der Waals surface area contributed by atoms with Gasteiger partial charge in [-0.1, -0.05) is 13.8 Å². The Hall–Kier alpha value is -1.55. The molecule has 1 aliphatic rings. The van der Waals surface area contributed by atoms with Gasteiger partial charge in [0.15, 0.2) is 0 Å². The molecular formula is C19H30N4. The average molecular weight is 314 g/mol. The van der Waals surface area contributed by atoms with E-state index in [1.165, 1.54) is 22.6 Å². The number of fused-ring (bicyclic) bond motifs is 1. The van der Waals surface area contributed by atoms with Crippen molar-refractivity contribution >= 4 is 0 Å². The fourth-order valence-electron chi connectivity index (χ4n) is 4.03. The summed E-state index contributed by atoms with van der Waals surface area (Å²) in [4.78, 5) is 2.64. The van der Waals surface area contributed by atoms with Gasteiger partial charge in [-0.3, -0.25) is 9.58 Å². The summed E-state index contributed by atoms with van der Waals surface area (Å²) in [6, 6.07) is 5.37. The van der Waals surface area contributed by atoms with Gasteiger partial charge in [0.2, 0.25) is 0 Å². The summed E-state index contributed by atoms with van der Waals surface area (Å²) in [6.07, 6.45) is 2.22. The van der Waals surface area contributed by atoms with Gasteiger partial charge in [-0.25, -0.2) is 0 Å². The highest BCUT2D eigenvalue weighted by atomic mass is 15.3. The van der Waals surface area contributed by atoms with Gasteiger partial charge in [0, 0.05) is 48.8 Å². The molecule has 3 rings (SSSR count). The Kier molecular flexibility index (Phi) is 4.37. The van der Waals surface area contributed by atoms with Crippen LogP contribution >= 0.6 is 0 Å². The Balaban J connectivity index is 1.91. The molecule has 0 spiro atoms. The van der Waals surface area contributed by atoms with Gasteiger partial charge in [0.05, 0.1) is 11.7 Å². The molecule has 2 aromatic rings. The summed E-state index contributed by atoms with van der Waals surface area (Å²) in [5.74, 6) is 0.602. The first-order chi connectivity index (χ1) is 10.9. The number of hydrogen-bond donors (Lipinski definition) is 0. The van der Waals surface area contributed by atoms with Crippen LogP contribution in [0, 0.1) is 19.8 Å².